The predicted molar refractivity (Wildman–Crippen MR) is 94.3 cm³/mol. The van der Waals surface area contributed by atoms with Gasteiger partial charge in [0.15, 0.2) is 0 Å². The van der Waals surface area contributed by atoms with E-state index in [-0.39, 0.29) is 5.41 Å². The monoisotopic (exact) mass is 393 g/mol. The first-order chi connectivity index (χ1) is 10.0. The largest absolute Gasteiger partial charge is 0.383 e. The van der Waals surface area contributed by atoms with Crippen molar-refractivity contribution in [3.63, 3.8) is 0 Å². The van der Waals surface area contributed by atoms with Gasteiger partial charge >= 0.3 is 0 Å². The molecule has 3 rings (SSSR count). The van der Waals surface area contributed by atoms with E-state index in [1.165, 1.54) is 12.0 Å². The third-order valence-electron chi connectivity index (χ3n) is 4.41. The number of hydrogen-bond donors (Lipinski definition) is 1. The molecule has 110 valence electrons. The SMILES string of the molecule is CC(C)c1nc(C2(c3ccccc3)CCC2)nc(N)c1I. The van der Waals surface area contributed by atoms with Crippen LogP contribution < -0.4 is 5.73 Å². The molecule has 2 aromatic rings. The van der Waals surface area contributed by atoms with Crippen LogP contribution in [0, 0.1) is 3.57 Å². The lowest BCUT2D eigenvalue weighted by Gasteiger charge is -2.41. The van der Waals surface area contributed by atoms with Crippen molar-refractivity contribution >= 4 is 28.4 Å². The fraction of sp³-hybridized carbons (Fsp3) is 0.412. The van der Waals surface area contributed by atoms with Gasteiger partial charge in [0.05, 0.1) is 14.7 Å². The Morgan fingerprint density at radius 1 is 1.14 bits per heavy atom. The molecule has 3 nitrogen and oxygen atoms in total. The third kappa shape index (κ3) is 2.43. The van der Waals surface area contributed by atoms with Gasteiger partial charge in [0.25, 0.3) is 0 Å². The molecule has 1 fully saturated rings. The Bertz CT molecular complexity index is 649. The maximum absolute atomic E-state index is 6.15. The zero-order valence-corrected chi connectivity index (χ0v) is 14.6. The van der Waals surface area contributed by atoms with Gasteiger partial charge in [0.2, 0.25) is 0 Å². The van der Waals surface area contributed by atoms with E-state index in [2.05, 4.69) is 71.8 Å². The van der Waals surface area contributed by atoms with Gasteiger partial charge in [-0.25, -0.2) is 9.97 Å². The molecule has 0 bridgehead atoms. The van der Waals surface area contributed by atoms with E-state index in [9.17, 15) is 0 Å². The van der Waals surface area contributed by atoms with E-state index in [0.717, 1.165) is 27.9 Å². The maximum Gasteiger partial charge on any atom is 0.141 e. The average molecular weight is 393 g/mol. The Kier molecular flexibility index (Phi) is 3.90. The van der Waals surface area contributed by atoms with Crippen LogP contribution in [0.15, 0.2) is 30.3 Å². The highest BCUT2D eigenvalue weighted by Gasteiger charge is 2.43. The average Bonchev–Trinajstić information content (AvgIpc) is 2.42. The summed E-state index contributed by atoms with van der Waals surface area (Å²) in [6.07, 6.45) is 3.43. The van der Waals surface area contributed by atoms with Crippen molar-refractivity contribution in [2.75, 3.05) is 5.73 Å². The van der Waals surface area contributed by atoms with Gasteiger partial charge in [-0.05, 0) is 46.9 Å². The summed E-state index contributed by atoms with van der Waals surface area (Å²) in [6.45, 7) is 4.31. The topological polar surface area (TPSA) is 51.8 Å². The van der Waals surface area contributed by atoms with Crippen molar-refractivity contribution in [2.24, 2.45) is 0 Å². The van der Waals surface area contributed by atoms with Gasteiger partial charge in [0, 0.05) is 0 Å². The highest BCUT2D eigenvalue weighted by molar-refractivity contribution is 14.1. The van der Waals surface area contributed by atoms with E-state index in [4.69, 9.17) is 10.7 Å². The molecule has 1 saturated carbocycles. The van der Waals surface area contributed by atoms with Crippen LogP contribution in [0.3, 0.4) is 0 Å². The van der Waals surface area contributed by atoms with Crippen LogP contribution in [0.2, 0.25) is 0 Å². The predicted octanol–water partition coefficient (Wildman–Crippen LogP) is 4.26. The van der Waals surface area contributed by atoms with Crippen LogP contribution in [0.1, 0.15) is 56.1 Å². The molecule has 1 aromatic heterocycles. The van der Waals surface area contributed by atoms with E-state index >= 15 is 0 Å². The second-order valence-electron chi connectivity index (χ2n) is 6.09. The normalized spacial score (nSPS) is 16.8. The van der Waals surface area contributed by atoms with Gasteiger partial charge in [-0.3, -0.25) is 0 Å². The second kappa shape index (κ2) is 5.55. The van der Waals surface area contributed by atoms with Crippen LogP contribution in [0.5, 0.6) is 0 Å². The van der Waals surface area contributed by atoms with Gasteiger partial charge in [-0.15, -0.1) is 0 Å². The summed E-state index contributed by atoms with van der Waals surface area (Å²) in [5, 5.41) is 0. The number of anilines is 1. The molecule has 21 heavy (non-hydrogen) atoms. The number of halogens is 1. The number of benzene rings is 1. The molecular weight excluding hydrogens is 373 g/mol. The van der Waals surface area contributed by atoms with Crippen molar-refractivity contribution < 1.29 is 0 Å². The Morgan fingerprint density at radius 3 is 2.33 bits per heavy atom. The summed E-state index contributed by atoms with van der Waals surface area (Å²) < 4.78 is 0.994. The highest BCUT2D eigenvalue weighted by atomic mass is 127. The Hall–Kier alpha value is -1.17. The Labute approximate surface area is 139 Å². The van der Waals surface area contributed by atoms with Gasteiger partial charge in [0.1, 0.15) is 11.6 Å². The minimum absolute atomic E-state index is 0.0383. The van der Waals surface area contributed by atoms with Crippen molar-refractivity contribution in [1.29, 1.82) is 0 Å². The zero-order chi connectivity index (χ0) is 15.0. The van der Waals surface area contributed by atoms with Gasteiger partial charge in [-0.2, -0.15) is 0 Å². The standard InChI is InChI=1S/C17H20IN3/c1-11(2)14-13(18)15(19)21-16(20-14)17(9-6-10-17)12-7-4-3-5-8-12/h3-5,7-8,11H,6,9-10H2,1-2H3,(H2,19,20,21). The van der Waals surface area contributed by atoms with E-state index in [1.54, 1.807) is 0 Å². The quantitative estimate of drug-likeness (QED) is 0.793. The van der Waals surface area contributed by atoms with Crippen molar-refractivity contribution in [3.05, 3.63) is 51.0 Å². The first kappa shape index (κ1) is 14.8. The molecule has 0 amide bonds. The first-order valence-corrected chi connectivity index (χ1v) is 8.51. The number of aromatic nitrogens is 2. The molecule has 0 unspecified atom stereocenters. The molecule has 4 heteroatoms. The molecule has 0 saturated heterocycles. The fourth-order valence-electron chi connectivity index (χ4n) is 3.01. The maximum atomic E-state index is 6.15. The number of nitrogen functional groups attached to an aromatic ring is 1. The van der Waals surface area contributed by atoms with Crippen LogP contribution in [0.4, 0.5) is 5.82 Å². The van der Waals surface area contributed by atoms with Crippen LogP contribution in [0.25, 0.3) is 0 Å². The summed E-state index contributed by atoms with van der Waals surface area (Å²) in [5.74, 6) is 1.88. The summed E-state index contributed by atoms with van der Waals surface area (Å²) >= 11 is 2.26. The molecule has 0 atom stereocenters. The van der Waals surface area contributed by atoms with E-state index in [0.29, 0.717) is 11.7 Å². The minimum Gasteiger partial charge on any atom is -0.383 e. The smallest absolute Gasteiger partial charge is 0.141 e. The van der Waals surface area contributed by atoms with Crippen molar-refractivity contribution in [2.45, 2.75) is 44.4 Å². The van der Waals surface area contributed by atoms with Crippen molar-refractivity contribution in [1.82, 2.24) is 9.97 Å². The van der Waals surface area contributed by atoms with Crippen LogP contribution in [-0.2, 0) is 5.41 Å². The zero-order valence-electron chi connectivity index (χ0n) is 12.4. The van der Waals surface area contributed by atoms with E-state index in [1.807, 2.05) is 0 Å². The lowest BCUT2D eigenvalue weighted by Crippen LogP contribution is -2.38. The third-order valence-corrected chi connectivity index (χ3v) is 5.52. The number of rotatable bonds is 3. The number of nitrogens with zero attached hydrogens (tertiary/aromatic N) is 2. The molecule has 1 heterocycles. The van der Waals surface area contributed by atoms with E-state index < -0.39 is 0 Å². The molecule has 2 N–H and O–H groups in total. The molecule has 0 radical (unpaired) electrons. The number of hydrogen-bond acceptors (Lipinski definition) is 3. The fourth-order valence-corrected chi connectivity index (χ4v) is 3.87. The minimum atomic E-state index is -0.0383. The molecule has 1 aliphatic rings. The lowest BCUT2D eigenvalue weighted by atomic mass is 9.64. The Balaban J connectivity index is 2.15. The first-order valence-electron chi connectivity index (χ1n) is 7.43. The van der Waals surface area contributed by atoms with Gasteiger partial charge in [-0.1, -0.05) is 50.6 Å². The van der Waals surface area contributed by atoms with Crippen LogP contribution >= 0.6 is 22.6 Å². The molecule has 0 spiro atoms. The summed E-state index contributed by atoms with van der Waals surface area (Å²) in [7, 11) is 0. The molecule has 0 aliphatic heterocycles. The molecular formula is C17H20IN3. The summed E-state index contributed by atoms with van der Waals surface area (Å²) in [5.41, 5.74) is 8.50. The summed E-state index contributed by atoms with van der Waals surface area (Å²) in [6, 6.07) is 10.6. The summed E-state index contributed by atoms with van der Waals surface area (Å²) in [4.78, 5) is 9.55. The van der Waals surface area contributed by atoms with Gasteiger partial charge < -0.3 is 5.73 Å². The highest BCUT2D eigenvalue weighted by Crippen LogP contribution is 2.48. The van der Waals surface area contributed by atoms with Crippen LogP contribution in [-0.4, -0.2) is 9.97 Å². The lowest BCUT2D eigenvalue weighted by molar-refractivity contribution is 0.284. The Morgan fingerprint density at radius 2 is 1.81 bits per heavy atom. The molecule has 1 aliphatic carbocycles. The second-order valence-corrected chi connectivity index (χ2v) is 7.17. The van der Waals surface area contributed by atoms with Crippen molar-refractivity contribution in [3.8, 4) is 0 Å². The number of nitrogens with two attached hydrogens (primary N) is 1. The molecule has 1 aromatic carbocycles.